The van der Waals surface area contributed by atoms with Gasteiger partial charge in [0.2, 0.25) is 0 Å². The van der Waals surface area contributed by atoms with Crippen LogP contribution >= 0.6 is 0 Å². The molecule has 0 N–H and O–H groups in total. The van der Waals surface area contributed by atoms with Crippen molar-refractivity contribution in [1.82, 2.24) is 0 Å². The second-order valence-corrected chi connectivity index (χ2v) is 6.61. The van der Waals surface area contributed by atoms with Gasteiger partial charge in [0.1, 0.15) is 11.5 Å². The number of rotatable bonds is 6. The molecule has 3 nitrogen and oxygen atoms in total. The maximum Gasteiger partial charge on any atom is 0.118 e. The Morgan fingerprint density at radius 2 is 1.17 bits per heavy atom. The van der Waals surface area contributed by atoms with E-state index in [-0.39, 0.29) is 0 Å². The fraction of sp³-hybridized carbons (Fsp3) is 0.429. The second-order valence-electron chi connectivity index (χ2n) is 6.61. The molecular formula is C21H26O3. The molecule has 2 aromatic carbocycles. The van der Waals surface area contributed by atoms with Gasteiger partial charge < -0.3 is 14.2 Å². The molecule has 0 aromatic heterocycles. The van der Waals surface area contributed by atoms with Crippen LogP contribution in [0.25, 0.3) is 0 Å². The summed E-state index contributed by atoms with van der Waals surface area (Å²) in [5.41, 5.74) is 2.71. The highest BCUT2D eigenvalue weighted by atomic mass is 16.5. The van der Waals surface area contributed by atoms with Gasteiger partial charge in [0.25, 0.3) is 0 Å². The monoisotopic (exact) mass is 326 g/mol. The third kappa shape index (κ3) is 4.51. The third-order valence-electron chi connectivity index (χ3n) is 4.74. The molecule has 3 heteroatoms. The smallest absolute Gasteiger partial charge is 0.118 e. The van der Waals surface area contributed by atoms with E-state index in [4.69, 9.17) is 14.2 Å². The summed E-state index contributed by atoms with van der Waals surface area (Å²) in [4.78, 5) is 0. The van der Waals surface area contributed by atoms with E-state index in [0.29, 0.717) is 11.8 Å². The van der Waals surface area contributed by atoms with Gasteiger partial charge in [-0.15, -0.1) is 0 Å². The zero-order chi connectivity index (χ0) is 16.8. The number of methoxy groups -OCH3 is 2. The van der Waals surface area contributed by atoms with Crippen molar-refractivity contribution in [2.45, 2.75) is 19.3 Å². The minimum Gasteiger partial charge on any atom is -0.497 e. The molecule has 1 heterocycles. The molecule has 0 saturated carbocycles. The molecule has 3 rings (SSSR count). The standard InChI is InChI=1S/C21H26O3/c1-22-20-7-3-16(4-8-20)11-18-13-19(15-24-14-18)12-17-5-9-21(23-2)10-6-17/h3-10,18-19H,11-15H2,1-2H3/t18-,19+. The van der Waals surface area contributed by atoms with E-state index in [2.05, 4.69) is 24.3 Å². The molecule has 1 aliphatic heterocycles. The SMILES string of the molecule is COc1ccc(C[C@H]2COC[C@@H](Cc3ccc(OC)cc3)C2)cc1. The van der Waals surface area contributed by atoms with Crippen LogP contribution in [0.2, 0.25) is 0 Å². The highest BCUT2D eigenvalue weighted by Crippen LogP contribution is 2.27. The Morgan fingerprint density at radius 1 is 0.750 bits per heavy atom. The lowest BCUT2D eigenvalue weighted by molar-refractivity contribution is 0.0154. The van der Waals surface area contributed by atoms with Gasteiger partial charge in [-0.05, 0) is 66.5 Å². The van der Waals surface area contributed by atoms with Crippen LogP contribution in [-0.4, -0.2) is 27.4 Å². The first kappa shape index (κ1) is 16.8. The molecule has 1 fully saturated rings. The van der Waals surface area contributed by atoms with Gasteiger partial charge in [0, 0.05) is 13.2 Å². The molecule has 0 unspecified atom stereocenters. The van der Waals surface area contributed by atoms with Gasteiger partial charge in [-0.2, -0.15) is 0 Å². The van der Waals surface area contributed by atoms with E-state index in [0.717, 1.165) is 37.6 Å². The topological polar surface area (TPSA) is 27.7 Å². The first-order valence-electron chi connectivity index (χ1n) is 8.60. The van der Waals surface area contributed by atoms with Crippen molar-refractivity contribution in [2.75, 3.05) is 27.4 Å². The van der Waals surface area contributed by atoms with Crippen LogP contribution in [0.1, 0.15) is 17.5 Å². The summed E-state index contributed by atoms with van der Waals surface area (Å²) in [6, 6.07) is 16.8. The molecule has 1 saturated heterocycles. The minimum atomic E-state index is 0.593. The number of hydrogen-bond acceptors (Lipinski definition) is 3. The highest BCUT2D eigenvalue weighted by molar-refractivity contribution is 5.28. The van der Waals surface area contributed by atoms with Crippen LogP contribution in [0.4, 0.5) is 0 Å². The Hall–Kier alpha value is -2.00. The molecule has 0 aliphatic carbocycles. The van der Waals surface area contributed by atoms with E-state index in [9.17, 15) is 0 Å². The predicted octanol–water partition coefficient (Wildman–Crippen LogP) is 4.14. The van der Waals surface area contributed by atoms with Crippen molar-refractivity contribution in [3.63, 3.8) is 0 Å². The first-order chi connectivity index (χ1) is 11.8. The Bertz CT molecular complexity index is 563. The van der Waals surface area contributed by atoms with Gasteiger partial charge in [-0.3, -0.25) is 0 Å². The van der Waals surface area contributed by atoms with Crippen LogP contribution in [0.3, 0.4) is 0 Å². The average molecular weight is 326 g/mol. The summed E-state index contributed by atoms with van der Waals surface area (Å²) < 4.78 is 16.3. The Morgan fingerprint density at radius 3 is 1.54 bits per heavy atom. The highest BCUT2D eigenvalue weighted by Gasteiger charge is 2.23. The molecule has 0 amide bonds. The van der Waals surface area contributed by atoms with Crippen molar-refractivity contribution < 1.29 is 14.2 Å². The summed E-state index contributed by atoms with van der Waals surface area (Å²) in [5, 5.41) is 0. The summed E-state index contributed by atoms with van der Waals surface area (Å²) in [5.74, 6) is 3.01. The molecule has 0 bridgehead atoms. The van der Waals surface area contributed by atoms with E-state index < -0.39 is 0 Å². The predicted molar refractivity (Wildman–Crippen MR) is 95.8 cm³/mol. The van der Waals surface area contributed by atoms with Crippen molar-refractivity contribution >= 4 is 0 Å². The van der Waals surface area contributed by atoms with Crippen LogP contribution in [0, 0.1) is 11.8 Å². The molecule has 2 aromatic rings. The number of ether oxygens (including phenoxy) is 3. The zero-order valence-electron chi connectivity index (χ0n) is 14.5. The molecule has 2 atom stereocenters. The van der Waals surface area contributed by atoms with E-state index in [1.165, 1.54) is 17.5 Å². The third-order valence-corrected chi connectivity index (χ3v) is 4.74. The molecule has 1 aliphatic rings. The molecule has 128 valence electrons. The van der Waals surface area contributed by atoms with E-state index in [1.807, 2.05) is 24.3 Å². The fourth-order valence-electron chi connectivity index (χ4n) is 3.48. The lowest BCUT2D eigenvalue weighted by Gasteiger charge is -2.29. The molecular weight excluding hydrogens is 300 g/mol. The van der Waals surface area contributed by atoms with Crippen LogP contribution in [-0.2, 0) is 17.6 Å². The summed E-state index contributed by atoms with van der Waals surface area (Å²) in [7, 11) is 3.40. The van der Waals surface area contributed by atoms with Crippen LogP contribution in [0.15, 0.2) is 48.5 Å². The zero-order valence-corrected chi connectivity index (χ0v) is 14.5. The fourth-order valence-corrected chi connectivity index (χ4v) is 3.48. The molecule has 24 heavy (non-hydrogen) atoms. The summed E-state index contributed by atoms with van der Waals surface area (Å²) >= 11 is 0. The number of hydrogen-bond donors (Lipinski definition) is 0. The number of benzene rings is 2. The van der Waals surface area contributed by atoms with Crippen molar-refractivity contribution in [2.24, 2.45) is 11.8 Å². The average Bonchev–Trinajstić information content (AvgIpc) is 2.63. The minimum absolute atomic E-state index is 0.593. The van der Waals surface area contributed by atoms with Gasteiger partial charge in [0.15, 0.2) is 0 Å². The summed E-state index contributed by atoms with van der Waals surface area (Å²) in [6.45, 7) is 1.73. The lowest BCUT2D eigenvalue weighted by Crippen LogP contribution is -2.28. The quantitative estimate of drug-likeness (QED) is 0.798. The van der Waals surface area contributed by atoms with Crippen molar-refractivity contribution in [3.05, 3.63) is 59.7 Å². The first-order valence-corrected chi connectivity index (χ1v) is 8.60. The second kappa shape index (κ2) is 8.20. The Kier molecular flexibility index (Phi) is 5.76. The van der Waals surface area contributed by atoms with E-state index in [1.54, 1.807) is 14.2 Å². The molecule has 0 radical (unpaired) electrons. The van der Waals surface area contributed by atoms with Crippen LogP contribution < -0.4 is 9.47 Å². The maximum absolute atomic E-state index is 5.88. The molecule has 0 spiro atoms. The maximum atomic E-state index is 5.88. The lowest BCUT2D eigenvalue weighted by atomic mass is 9.85. The van der Waals surface area contributed by atoms with Crippen molar-refractivity contribution in [1.29, 1.82) is 0 Å². The van der Waals surface area contributed by atoms with E-state index >= 15 is 0 Å². The van der Waals surface area contributed by atoms with Crippen molar-refractivity contribution in [3.8, 4) is 11.5 Å². The van der Waals surface area contributed by atoms with Gasteiger partial charge in [-0.1, -0.05) is 24.3 Å². The summed E-state index contributed by atoms with van der Waals surface area (Å²) in [6.07, 6.45) is 3.37. The Balaban J connectivity index is 1.54. The Labute approximate surface area is 144 Å². The van der Waals surface area contributed by atoms with Gasteiger partial charge in [0.05, 0.1) is 14.2 Å². The largest absolute Gasteiger partial charge is 0.497 e. The van der Waals surface area contributed by atoms with Gasteiger partial charge in [-0.25, -0.2) is 0 Å². The van der Waals surface area contributed by atoms with Crippen LogP contribution in [0.5, 0.6) is 11.5 Å². The normalized spacial score (nSPS) is 20.6. The van der Waals surface area contributed by atoms with Gasteiger partial charge >= 0.3 is 0 Å².